The van der Waals surface area contributed by atoms with Crippen LogP contribution in [0.4, 0.5) is 0 Å². The van der Waals surface area contributed by atoms with Crippen LogP contribution in [-0.2, 0) is 9.90 Å². The molecular formula is C26H52ClO2. The number of rotatable bonds is 22. The maximum absolute atomic E-state index is 10.1. The summed E-state index contributed by atoms with van der Waals surface area (Å²) in [5.41, 5.74) is 0. The first-order chi connectivity index (χ1) is 14.2. The molecule has 0 spiro atoms. The predicted octanol–water partition coefficient (Wildman–Crippen LogP) is 9.79. The maximum Gasteiger partial charge on any atom is 0.355 e. The number of hydrogen-bond donors (Lipinski definition) is 0. The zero-order valence-corrected chi connectivity index (χ0v) is 20.7. The van der Waals surface area contributed by atoms with Gasteiger partial charge in [-0.3, -0.25) is 0 Å². The lowest BCUT2D eigenvalue weighted by Crippen LogP contribution is -1.91. The van der Waals surface area contributed by atoms with Gasteiger partial charge < -0.3 is 0 Å². The van der Waals surface area contributed by atoms with Crippen molar-refractivity contribution in [2.45, 2.75) is 155 Å². The van der Waals surface area contributed by atoms with E-state index in [4.69, 9.17) is 11.6 Å². The van der Waals surface area contributed by atoms with Crippen LogP contribution >= 0.6 is 11.6 Å². The summed E-state index contributed by atoms with van der Waals surface area (Å²) in [6, 6.07) is 0. The number of hydrogen-bond acceptors (Lipinski definition) is 1. The zero-order valence-electron chi connectivity index (χ0n) is 20.0. The molecule has 1 radical (unpaired) electrons. The third kappa shape index (κ3) is 35.6. The van der Waals surface area contributed by atoms with E-state index in [0.717, 1.165) is 18.7 Å². The molecule has 2 nitrogen and oxygen atoms in total. The molecule has 0 aliphatic carbocycles. The third-order valence-electron chi connectivity index (χ3n) is 5.47. The van der Waals surface area contributed by atoms with Gasteiger partial charge in [-0.1, -0.05) is 136 Å². The molecule has 0 fully saturated rings. The average Bonchev–Trinajstić information content (AvgIpc) is 2.71. The van der Waals surface area contributed by atoms with Crippen molar-refractivity contribution in [1.82, 2.24) is 0 Å². The monoisotopic (exact) mass is 431 g/mol. The highest BCUT2D eigenvalue weighted by molar-refractivity contribution is 6.17. The van der Waals surface area contributed by atoms with E-state index in [1.54, 1.807) is 0 Å². The van der Waals surface area contributed by atoms with Gasteiger partial charge in [0.2, 0.25) is 0 Å². The van der Waals surface area contributed by atoms with Crippen molar-refractivity contribution in [3.8, 4) is 0 Å². The Labute approximate surface area is 188 Å². The fourth-order valence-electron chi connectivity index (χ4n) is 3.52. The summed E-state index contributed by atoms with van der Waals surface area (Å²) in [6.45, 7) is 4.50. The highest BCUT2D eigenvalue weighted by Gasteiger charge is 1.98. The van der Waals surface area contributed by atoms with Gasteiger partial charge >= 0.3 is 5.97 Å². The first kappa shape index (κ1) is 30.9. The summed E-state index contributed by atoms with van der Waals surface area (Å²) in [5.74, 6) is -0.0646. The van der Waals surface area contributed by atoms with Gasteiger partial charge in [0.05, 0.1) is 6.42 Å². The molecule has 0 saturated heterocycles. The summed E-state index contributed by atoms with van der Waals surface area (Å²) in [6.07, 6.45) is 28.0. The topological polar surface area (TPSA) is 37.0 Å². The fraction of sp³-hybridized carbons (Fsp3) is 0.962. The van der Waals surface area contributed by atoms with Crippen molar-refractivity contribution < 1.29 is 9.90 Å². The van der Waals surface area contributed by atoms with E-state index in [9.17, 15) is 9.90 Å². The summed E-state index contributed by atoms with van der Waals surface area (Å²) in [4.78, 5) is 10.1. The van der Waals surface area contributed by atoms with Crippen molar-refractivity contribution in [2.75, 3.05) is 5.88 Å². The smallest absolute Gasteiger partial charge is 0.247 e. The van der Waals surface area contributed by atoms with E-state index in [2.05, 4.69) is 13.8 Å². The van der Waals surface area contributed by atoms with Crippen molar-refractivity contribution in [2.24, 2.45) is 0 Å². The third-order valence-corrected chi connectivity index (χ3v) is 5.74. The molecule has 0 aliphatic rings. The van der Waals surface area contributed by atoms with Gasteiger partial charge in [-0.2, -0.15) is 0 Å². The molecule has 0 amide bonds. The lowest BCUT2D eigenvalue weighted by molar-refractivity contribution is -0.143. The highest BCUT2D eigenvalue weighted by atomic mass is 35.5. The van der Waals surface area contributed by atoms with E-state index in [1.165, 1.54) is 122 Å². The number of alkyl halides is 1. The standard InChI is InChI=1S/C14H29Cl.C12H23O2/c1-2-3-4-5-6-7-8-9-10-11-12-13-14-15;1-2-3-4-5-6-7-8-9-10-11-12(13)14/h2-14H2,1H3;2-11H2,1H3. The van der Waals surface area contributed by atoms with Crippen LogP contribution in [0.15, 0.2) is 0 Å². The minimum atomic E-state index is -0.909. The Morgan fingerprint density at radius 2 is 0.759 bits per heavy atom. The van der Waals surface area contributed by atoms with E-state index >= 15 is 0 Å². The normalized spacial score (nSPS) is 10.6. The Balaban J connectivity index is 0. The number of unbranched alkanes of at least 4 members (excludes halogenated alkanes) is 19. The number of halogens is 1. The Morgan fingerprint density at radius 3 is 1.03 bits per heavy atom. The first-order valence-electron chi connectivity index (χ1n) is 12.9. The van der Waals surface area contributed by atoms with Crippen LogP contribution in [0.3, 0.4) is 0 Å². The van der Waals surface area contributed by atoms with E-state index < -0.39 is 5.97 Å². The van der Waals surface area contributed by atoms with Gasteiger partial charge in [0.25, 0.3) is 0 Å². The molecule has 0 heterocycles. The second-order valence-corrected chi connectivity index (χ2v) is 8.91. The van der Waals surface area contributed by atoms with Crippen LogP contribution in [-0.4, -0.2) is 11.8 Å². The van der Waals surface area contributed by atoms with Crippen LogP contribution in [0.1, 0.15) is 155 Å². The second kappa shape index (κ2) is 30.0. The molecule has 29 heavy (non-hydrogen) atoms. The van der Waals surface area contributed by atoms with Crippen molar-refractivity contribution in [3.63, 3.8) is 0 Å². The van der Waals surface area contributed by atoms with Crippen LogP contribution in [0.25, 0.3) is 0 Å². The Kier molecular flexibility index (Phi) is 32.0. The van der Waals surface area contributed by atoms with Gasteiger partial charge in [-0.15, -0.1) is 11.6 Å². The van der Waals surface area contributed by atoms with E-state index in [1.807, 2.05) is 0 Å². The summed E-state index contributed by atoms with van der Waals surface area (Å²) >= 11 is 5.62. The van der Waals surface area contributed by atoms with Crippen molar-refractivity contribution in [3.05, 3.63) is 0 Å². The Hall–Kier alpha value is -0.240. The van der Waals surface area contributed by atoms with Crippen LogP contribution in [0.5, 0.6) is 0 Å². The zero-order chi connectivity index (χ0) is 21.8. The van der Waals surface area contributed by atoms with Crippen molar-refractivity contribution in [1.29, 1.82) is 0 Å². The summed E-state index contributed by atoms with van der Waals surface area (Å²) in [5, 5.41) is 10.1. The predicted molar refractivity (Wildman–Crippen MR) is 129 cm³/mol. The van der Waals surface area contributed by atoms with Crippen LogP contribution in [0.2, 0.25) is 0 Å². The molecule has 0 bridgehead atoms. The SMILES string of the molecule is CCCCCCCCCCCC([O])=O.CCCCCCCCCCCCCCCl. The molecule has 175 valence electrons. The second-order valence-electron chi connectivity index (χ2n) is 8.53. The molecule has 0 aromatic heterocycles. The number of carbonyl (C=O) groups excluding carboxylic acids is 1. The maximum atomic E-state index is 10.1. The highest BCUT2D eigenvalue weighted by Crippen LogP contribution is 2.12. The molecule has 0 aliphatic heterocycles. The van der Waals surface area contributed by atoms with E-state index in [0.29, 0.717) is 0 Å². The van der Waals surface area contributed by atoms with E-state index in [-0.39, 0.29) is 6.42 Å². The van der Waals surface area contributed by atoms with Crippen molar-refractivity contribution >= 4 is 17.6 Å². The fourth-order valence-corrected chi connectivity index (χ4v) is 3.70. The molecular weight excluding hydrogens is 380 g/mol. The molecule has 0 aromatic carbocycles. The molecule has 0 saturated carbocycles. The molecule has 3 heteroatoms. The largest absolute Gasteiger partial charge is 0.355 e. The molecule has 0 rings (SSSR count). The van der Waals surface area contributed by atoms with Crippen LogP contribution < -0.4 is 0 Å². The molecule has 0 N–H and O–H groups in total. The summed E-state index contributed by atoms with van der Waals surface area (Å²) < 4.78 is 0. The van der Waals surface area contributed by atoms with Gasteiger partial charge in [0.1, 0.15) is 0 Å². The summed E-state index contributed by atoms with van der Waals surface area (Å²) in [7, 11) is 0. The minimum Gasteiger partial charge on any atom is -0.247 e. The van der Waals surface area contributed by atoms with Crippen LogP contribution in [0, 0.1) is 0 Å². The lowest BCUT2D eigenvalue weighted by Gasteiger charge is -2.01. The Morgan fingerprint density at radius 1 is 0.483 bits per heavy atom. The quantitative estimate of drug-likeness (QED) is 0.124. The number of carbonyl (C=O) groups is 1. The lowest BCUT2D eigenvalue weighted by atomic mass is 10.1. The van der Waals surface area contributed by atoms with Gasteiger partial charge in [-0.25, -0.2) is 9.90 Å². The van der Waals surface area contributed by atoms with Gasteiger partial charge in [-0.05, 0) is 12.8 Å². The van der Waals surface area contributed by atoms with Gasteiger partial charge in [0, 0.05) is 5.88 Å². The van der Waals surface area contributed by atoms with Gasteiger partial charge in [0.15, 0.2) is 0 Å². The molecule has 0 unspecified atom stereocenters. The first-order valence-corrected chi connectivity index (χ1v) is 13.5. The molecule has 0 aromatic rings. The Bertz CT molecular complexity index is 282. The molecule has 0 atom stereocenters. The minimum absolute atomic E-state index is 0.232. The average molecular weight is 432 g/mol.